The van der Waals surface area contributed by atoms with Gasteiger partial charge in [-0.25, -0.2) is 9.18 Å². The molecule has 0 saturated heterocycles. The molecule has 0 atom stereocenters. The maximum Gasteiger partial charge on any atom is 0.342 e. The lowest BCUT2D eigenvalue weighted by Crippen LogP contribution is -2.31. The molecule has 0 aromatic heterocycles. The van der Waals surface area contributed by atoms with Crippen molar-refractivity contribution in [3.8, 4) is 5.75 Å². The molecule has 2 aromatic rings. The minimum Gasteiger partial charge on any atom is -0.507 e. The van der Waals surface area contributed by atoms with Crippen LogP contribution in [0.1, 0.15) is 15.9 Å². The summed E-state index contributed by atoms with van der Waals surface area (Å²) in [6.45, 7) is -0.589. The Labute approximate surface area is 143 Å². The van der Waals surface area contributed by atoms with Gasteiger partial charge in [0, 0.05) is 24.2 Å². The van der Waals surface area contributed by atoms with Gasteiger partial charge in [-0.2, -0.15) is 0 Å². The van der Waals surface area contributed by atoms with Crippen molar-refractivity contribution in [3.05, 3.63) is 64.4 Å². The molecule has 0 aliphatic heterocycles. The number of phenols is 1. The highest BCUT2D eigenvalue weighted by Crippen LogP contribution is 2.20. The highest BCUT2D eigenvalue weighted by atomic mass is 35.5. The van der Waals surface area contributed by atoms with E-state index < -0.39 is 24.3 Å². The number of carbonyl (C=O) groups excluding carboxylic acids is 2. The van der Waals surface area contributed by atoms with E-state index in [-0.39, 0.29) is 28.4 Å². The molecule has 0 aliphatic rings. The predicted octanol–water partition coefficient (Wildman–Crippen LogP) is 3.00. The van der Waals surface area contributed by atoms with E-state index in [1.165, 1.54) is 42.3 Å². The van der Waals surface area contributed by atoms with Gasteiger partial charge in [0.1, 0.15) is 17.1 Å². The van der Waals surface area contributed by atoms with Gasteiger partial charge in [0.15, 0.2) is 6.61 Å². The van der Waals surface area contributed by atoms with Crippen LogP contribution in [0.4, 0.5) is 4.39 Å². The average molecular weight is 352 g/mol. The van der Waals surface area contributed by atoms with Crippen LogP contribution >= 0.6 is 11.6 Å². The molecule has 0 saturated carbocycles. The van der Waals surface area contributed by atoms with E-state index in [9.17, 15) is 19.1 Å². The van der Waals surface area contributed by atoms with Gasteiger partial charge >= 0.3 is 5.97 Å². The second-order valence-electron chi connectivity index (χ2n) is 5.04. The molecule has 126 valence electrons. The van der Waals surface area contributed by atoms with Gasteiger partial charge in [0.05, 0.1) is 0 Å². The van der Waals surface area contributed by atoms with Crippen LogP contribution in [0.15, 0.2) is 42.5 Å². The predicted molar refractivity (Wildman–Crippen MR) is 86.3 cm³/mol. The molecule has 0 unspecified atom stereocenters. The van der Waals surface area contributed by atoms with E-state index in [0.717, 1.165) is 0 Å². The molecule has 5 nitrogen and oxygen atoms in total. The van der Waals surface area contributed by atoms with E-state index in [4.69, 9.17) is 16.3 Å². The smallest absolute Gasteiger partial charge is 0.342 e. The third kappa shape index (κ3) is 4.23. The Morgan fingerprint density at radius 2 is 1.92 bits per heavy atom. The lowest BCUT2D eigenvalue weighted by atomic mass is 10.2. The normalized spacial score (nSPS) is 10.3. The number of likely N-dealkylation sites (N-methyl/N-ethyl adjacent to an activating group) is 1. The highest BCUT2D eigenvalue weighted by Gasteiger charge is 2.18. The van der Waals surface area contributed by atoms with Crippen LogP contribution in [0.5, 0.6) is 5.75 Å². The summed E-state index contributed by atoms with van der Waals surface area (Å²) in [6, 6.07) is 10.1. The quantitative estimate of drug-likeness (QED) is 0.841. The van der Waals surface area contributed by atoms with Gasteiger partial charge in [-0.05, 0) is 24.3 Å². The molecule has 2 rings (SSSR count). The zero-order valence-corrected chi connectivity index (χ0v) is 13.6. The Bertz CT molecular complexity index is 746. The minimum absolute atomic E-state index is 0.0369. The maximum absolute atomic E-state index is 13.7. The fourth-order valence-corrected chi connectivity index (χ4v) is 2.19. The van der Waals surface area contributed by atoms with E-state index in [2.05, 4.69) is 0 Å². The van der Waals surface area contributed by atoms with E-state index in [1.54, 1.807) is 12.1 Å². The van der Waals surface area contributed by atoms with Crippen molar-refractivity contribution in [2.75, 3.05) is 13.7 Å². The molecule has 0 radical (unpaired) electrons. The Hall–Kier alpha value is -2.60. The Morgan fingerprint density at radius 3 is 2.58 bits per heavy atom. The number of hydrogen-bond donors (Lipinski definition) is 1. The molecule has 7 heteroatoms. The Kier molecular flexibility index (Phi) is 5.76. The van der Waals surface area contributed by atoms with Crippen LogP contribution in [0.2, 0.25) is 5.02 Å². The fraction of sp³-hybridized carbons (Fsp3) is 0.176. The maximum atomic E-state index is 13.7. The number of halogens is 2. The van der Waals surface area contributed by atoms with Gasteiger partial charge in [-0.3, -0.25) is 4.79 Å². The average Bonchev–Trinajstić information content (AvgIpc) is 2.56. The molecule has 2 aromatic carbocycles. The summed E-state index contributed by atoms with van der Waals surface area (Å²) in [4.78, 5) is 25.0. The van der Waals surface area contributed by atoms with Crippen molar-refractivity contribution < 1.29 is 23.8 Å². The largest absolute Gasteiger partial charge is 0.507 e. The molecule has 24 heavy (non-hydrogen) atoms. The third-order valence-corrected chi connectivity index (χ3v) is 3.69. The summed E-state index contributed by atoms with van der Waals surface area (Å²) in [5, 5.41) is 9.77. The van der Waals surface area contributed by atoms with E-state index in [1.807, 2.05) is 0 Å². The molecule has 0 heterocycles. The van der Waals surface area contributed by atoms with Crippen molar-refractivity contribution in [2.24, 2.45) is 0 Å². The standard InChI is InChI=1S/C17H15ClFNO4/c1-20(9-12-13(18)6-4-7-14(12)19)16(22)10-24-17(23)11-5-2-3-8-15(11)21/h2-8,21H,9-10H2,1H3. The molecular weight excluding hydrogens is 337 g/mol. The summed E-state index contributed by atoms with van der Waals surface area (Å²) in [7, 11) is 1.44. The first-order valence-electron chi connectivity index (χ1n) is 7.02. The van der Waals surface area contributed by atoms with E-state index in [0.29, 0.717) is 0 Å². The Morgan fingerprint density at radius 1 is 1.21 bits per heavy atom. The highest BCUT2D eigenvalue weighted by molar-refractivity contribution is 6.31. The minimum atomic E-state index is -0.821. The van der Waals surface area contributed by atoms with E-state index >= 15 is 0 Å². The Balaban J connectivity index is 1.95. The number of para-hydroxylation sites is 1. The van der Waals surface area contributed by atoms with Crippen molar-refractivity contribution in [3.63, 3.8) is 0 Å². The summed E-state index contributed by atoms with van der Waals surface area (Å²) < 4.78 is 18.6. The number of nitrogens with zero attached hydrogens (tertiary/aromatic N) is 1. The van der Waals surface area contributed by atoms with Crippen LogP contribution < -0.4 is 0 Å². The van der Waals surface area contributed by atoms with Crippen molar-refractivity contribution in [2.45, 2.75) is 6.54 Å². The number of ether oxygens (including phenoxy) is 1. The summed E-state index contributed by atoms with van der Waals surface area (Å²) >= 11 is 5.91. The van der Waals surface area contributed by atoms with Gasteiger partial charge in [-0.15, -0.1) is 0 Å². The number of amides is 1. The topological polar surface area (TPSA) is 66.8 Å². The van der Waals surface area contributed by atoms with Gasteiger partial charge in [-0.1, -0.05) is 29.8 Å². The van der Waals surface area contributed by atoms with Crippen molar-refractivity contribution in [1.82, 2.24) is 4.90 Å². The number of benzene rings is 2. The summed E-state index contributed by atoms with van der Waals surface area (Å²) in [6.07, 6.45) is 0. The number of carbonyl (C=O) groups is 2. The molecular formula is C17H15ClFNO4. The van der Waals surface area contributed by atoms with Gasteiger partial charge < -0.3 is 14.7 Å². The van der Waals surface area contributed by atoms with Crippen LogP contribution in [-0.2, 0) is 16.1 Å². The fourth-order valence-electron chi connectivity index (χ4n) is 1.97. The second kappa shape index (κ2) is 7.79. The molecule has 1 amide bonds. The number of aromatic hydroxyl groups is 1. The first-order valence-corrected chi connectivity index (χ1v) is 7.40. The summed E-state index contributed by atoms with van der Waals surface area (Å²) in [5.74, 6) is -2.10. The molecule has 0 bridgehead atoms. The first kappa shape index (κ1) is 17.7. The van der Waals surface area contributed by atoms with Gasteiger partial charge in [0.2, 0.25) is 0 Å². The van der Waals surface area contributed by atoms with Crippen molar-refractivity contribution >= 4 is 23.5 Å². The molecule has 0 spiro atoms. The molecule has 0 fully saturated rings. The van der Waals surface area contributed by atoms with Crippen LogP contribution in [0.25, 0.3) is 0 Å². The van der Waals surface area contributed by atoms with Crippen molar-refractivity contribution in [1.29, 1.82) is 0 Å². The molecule has 0 aliphatic carbocycles. The number of phenolic OH excluding ortho intramolecular Hbond substituents is 1. The molecule has 1 N–H and O–H groups in total. The zero-order chi connectivity index (χ0) is 17.7. The SMILES string of the molecule is CN(Cc1c(F)cccc1Cl)C(=O)COC(=O)c1ccccc1O. The van der Waals surface area contributed by atoms with Crippen LogP contribution in [-0.4, -0.2) is 35.5 Å². The first-order chi connectivity index (χ1) is 11.4. The van der Waals surface area contributed by atoms with Crippen LogP contribution in [0.3, 0.4) is 0 Å². The van der Waals surface area contributed by atoms with Gasteiger partial charge in [0.25, 0.3) is 5.91 Å². The number of hydrogen-bond acceptors (Lipinski definition) is 4. The number of rotatable bonds is 5. The lowest BCUT2D eigenvalue weighted by Gasteiger charge is -2.18. The van der Waals surface area contributed by atoms with Crippen LogP contribution in [0, 0.1) is 5.82 Å². The zero-order valence-electron chi connectivity index (χ0n) is 12.8. The second-order valence-corrected chi connectivity index (χ2v) is 5.45. The lowest BCUT2D eigenvalue weighted by molar-refractivity contribution is -0.133. The number of esters is 1. The summed E-state index contributed by atoms with van der Waals surface area (Å²) in [5.41, 5.74) is 0.146. The monoisotopic (exact) mass is 351 g/mol. The third-order valence-electron chi connectivity index (χ3n) is 3.33.